The summed E-state index contributed by atoms with van der Waals surface area (Å²) in [5, 5.41) is 9.34. The Bertz CT molecular complexity index is 707. The second-order valence-corrected chi connectivity index (χ2v) is 6.79. The molecule has 5 heteroatoms. The van der Waals surface area contributed by atoms with E-state index in [1.165, 1.54) is 0 Å². The average molecular weight is 458 g/mol. The molecule has 0 aromatic heterocycles. The summed E-state index contributed by atoms with van der Waals surface area (Å²) in [6.07, 6.45) is 0. The lowest BCUT2D eigenvalue weighted by atomic mass is 9.92. The van der Waals surface area contributed by atoms with Gasteiger partial charge in [-0.05, 0) is 35.9 Å². The predicted molar refractivity (Wildman–Crippen MR) is 88.7 cm³/mol. The molecule has 2 nitrogen and oxygen atoms in total. The summed E-state index contributed by atoms with van der Waals surface area (Å²) in [4.78, 5) is 12.5. The van der Waals surface area contributed by atoms with Gasteiger partial charge in [0.25, 0.3) is 0 Å². The summed E-state index contributed by atoms with van der Waals surface area (Å²) in [5.41, 5.74) is 1.18. The minimum absolute atomic E-state index is 0.218. The minimum Gasteiger partial charge on any atom is -0.292 e. The van der Waals surface area contributed by atoms with Crippen molar-refractivity contribution in [3.05, 3.63) is 67.0 Å². The molecule has 1 atom stereocenters. The largest absolute Gasteiger partial charge is 0.292 e. The lowest BCUT2D eigenvalue weighted by molar-refractivity contribution is 0.0978. The molecule has 0 amide bonds. The number of nitriles is 1. The molecule has 2 aromatic carbocycles. The minimum atomic E-state index is -0.815. The molecule has 0 heterocycles. The number of carbonyl (C=O) groups excluding carboxylic acids is 1. The zero-order valence-corrected chi connectivity index (χ0v) is 14.9. The van der Waals surface area contributed by atoms with Crippen LogP contribution in [-0.4, -0.2) is 5.78 Å². The van der Waals surface area contributed by atoms with Crippen molar-refractivity contribution in [3.8, 4) is 6.07 Å². The molecule has 0 aliphatic carbocycles. The Balaban J connectivity index is 2.42. The first kappa shape index (κ1) is 15.4. The van der Waals surface area contributed by atoms with Gasteiger partial charge in [0, 0.05) is 19.0 Å². The Morgan fingerprint density at radius 3 is 2.35 bits per heavy atom. The van der Waals surface area contributed by atoms with Crippen LogP contribution in [0.3, 0.4) is 0 Å². The molecule has 0 fully saturated rings. The lowest BCUT2D eigenvalue weighted by Crippen LogP contribution is -2.12. The Hall–Kier alpha value is -0.960. The van der Waals surface area contributed by atoms with Crippen molar-refractivity contribution in [2.75, 3.05) is 0 Å². The maximum atomic E-state index is 12.5. The van der Waals surface area contributed by atoms with Crippen LogP contribution in [0.15, 0.2) is 55.9 Å². The van der Waals surface area contributed by atoms with E-state index in [1.807, 2.05) is 12.1 Å². The van der Waals surface area contributed by atoms with E-state index >= 15 is 0 Å². The topological polar surface area (TPSA) is 40.9 Å². The van der Waals surface area contributed by atoms with Crippen LogP contribution in [0.5, 0.6) is 0 Å². The third-order valence-electron chi connectivity index (χ3n) is 2.77. The summed E-state index contributed by atoms with van der Waals surface area (Å²) in [6.45, 7) is 0. The first-order valence-electron chi connectivity index (χ1n) is 5.67. The van der Waals surface area contributed by atoms with Crippen LogP contribution in [-0.2, 0) is 0 Å². The zero-order chi connectivity index (χ0) is 14.7. The summed E-state index contributed by atoms with van der Waals surface area (Å²) in [5.74, 6) is -1.03. The SMILES string of the molecule is N#CC(C(=O)c1ccc(Br)cc1Br)c1cccc(Br)c1. The van der Waals surface area contributed by atoms with E-state index in [-0.39, 0.29) is 5.78 Å². The molecule has 2 aromatic rings. The molecule has 0 aliphatic heterocycles. The average Bonchev–Trinajstić information content (AvgIpc) is 2.39. The van der Waals surface area contributed by atoms with Crippen molar-refractivity contribution in [2.45, 2.75) is 5.92 Å². The van der Waals surface area contributed by atoms with E-state index in [9.17, 15) is 10.1 Å². The van der Waals surface area contributed by atoms with Crippen LogP contribution < -0.4 is 0 Å². The fourth-order valence-electron chi connectivity index (χ4n) is 1.82. The number of rotatable bonds is 3. The highest BCUT2D eigenvalue weighted by molar-refractivity contribution is 9.11. The molecule has 2 rings (SSSR count). The Kier molecular flexibility index (Phi) is 5.14. The Labute approximate surface area is 142 Å². The molecule has 1 unspecified atom stereocenters. The van der Waals surface area contributed by atoms with Gasteiger partial charge in [0.15, 0.2) is 5.78 Å². The predicted octanol–water partition coefficient (Wildman–Crippen LogP) is 5.46. The number of nitrogens with zero attached hydrogens (tertiary/aromatic N) is 1. The second-order valence-electron chi connectivity index (χ2n) is 4.11. The van der Waals surface area contributed by atoms with Crippen LogP contribution in [0.25, 0.3) is 0 Å². The highest BCUT2D eigenvalue weighted by Gasteiger charge is 2.23. The van der Waals surface area contributed by atoms with Crippen molar-refractivity contribution < 1.29 is 4.79 Å². The van der Waals surface area contributed by atoms with Gasteiger partial charge in [0.2, 0.25) is 0 Å². The van der Waals surface area contributed by atoms with Gasteiger partial charge >= 0.3 is 0 Å². The van der Waals surface area contributed by atoms with E-state index in [0.29, 0.717) is 15.6 Å². The molecule has 0 N–H and O–H groups in total. The molecule has 20 heavy (non-hydrogen) atoms. The van der Waals surface area contributed by atoms with Gasteiger partial charge in [0.05, 0.1) is 6.07 Å². The third kappa shape index (κ3) is 3.38. The first-order chi connectivity index (χ1) is 9.52. The van der Waals surface area contributed by atoms with Crippen LogP contribution in [0.2, 0.25) is 0 Å². The van der Waals surface area contributed by atoms with E-state index < -0.39 is 5.92 Å². The van der Waals surface area contributed by atoms with Gasteiger partial charge in [-0.15, -0.1) is 0 Å². The van der Waals surface area contributed by atoms with E-state index in [2.05, 4.69) is 53.9 Å². The molecular formula is C15H8Br3NO. The van der Waals surface area contributed by atoms with Crippen molar-refractivity contribution in [1.82, 2.24) is 0 Å². The molecule has 0 bridgehead atoms. The van der Waals surface area contributed by atoms with Crippen molar-refractivity contribution in [2.24, 2.45) is 0 Å². The Morgan fingerprint density at radius 1 is 1.05 bits per heavy atom. The number of ketones is 1. The standard InChI is InChI=1S/C15H8Br3NO/c16-10-3-1-2-9(6-10)13(8-19)15(20)12-5-4-11(17)7-14(12)18/h1-7,13H. The van der Waals surface area contributed by atoms with Crippen molar-refractivity contribution in [3.63, 3.8) is 0 Å². The summed E-state index contributed by atoms with van der Waals surface area (Å²) in [6, 6.07) is 14.6. The van der Waals surface area contributed by atoms with Crippen molar-refractivity contribution >= 4 is 53.6 Å². The Morgan fingerprint density at radius 2 is 1.75 bits per heavy atom. The van der Waals surface area contributed by atoms with Gasteiger partial charge in [-0.2, -0.15) is 5.26 Å². The fraction of sp³-hybridized carbons (Fsp3) is 0.0667. The van der Waals surface area contributed by atoms with Crippen LogP contribution in [0.4, 0.5) is 0 Å². The molecular weight excluding hydrogens is 450 g/mol. The third-order valence-corrected chi connectivity index (χ3v) is 4.41. The number of hydrogen-bond donors (Lipinski definition) is 0. The highest BCUT2D eigenvalue weighted by Crippen LogP contribution is 2.28. The van der Waals surface area contributed by atoms with E-state index in [1.54, 1.807) is 30.3 Å². The zero-order valence-electron chi connectivity index (χ0n) is 10.1. The van der Waals surface area contributed by atoms with Gasteiger partial charge in [0.1, 0.15) is 5.92 Å². The smallest absolute Gasteiger partial charge is 0.185 e. The van der Waals surface area contributed by atoms with Crippen LogP contribution in [0.1, 0.15) is 21.8 Å². The van der Waals surface area contributed by atoms with Gasteiger partial charge in [-0.25, -0.2) is 0 Å². The van der Waals surface area contributed by atoms with E-state index in [4.69, 9.17) is 0 Å². The number of Topliss-reactive ketones (excluding diaryl/α,β-unsaturated/α-hetero) is 1. The monoisotopic (exact) mass is 455 g/mol. The fourth-order valence-corrected chi connectivity index (χ4v) is 3.47. The molecule has 0 radical (unpaired) electrons. The van der Waals surface area contributed by atoms with Gasteiger partial charge in [-0.3, -0.25) is 4.79 Å². The highest BCUT2D eigenvalue weighted by atomic mass is 79.9. The van der Waals surface area contributed by atoms with Crippen LogP contribution >= 0.6 is 47.8 Å². The first-order valence-corrected chi connectivity index (χ1v) is 8.05. The molecule has 100 valence electrons. The lowest BCUT2D eigenvalue weighted by Gasteiger charge is -2.10. The van der Waals surface area contributed by atoms with Crippen LogP contribution in [0, 0.1) is 11.3 Å². The summed E-state index contributed by atoms with van der Waals surface area (Å²) in [7, 11) is 0. The summed E-state index contributed by atoms with van der Waals surface area (Å²) >= 11 is 10.1. The summed E-state index contributed by atoms with van der Waals surface area (Å²) < 4.78 is 2.39. The molecule has 0 aliphatic rings. The maximum absolute atomic E-state index is 12.5. The number of carbonyl (C=O) groups is 1. The second kappa shape index (κ2) is 6.66. The molecule has 0 saturated heterocycles. The maximum Gasteiger partial charge on any atom is 0.185 e. The van der Waals surface area contributed by atoms with Gasteiger partial charge < -0.3 is 0 Å². The van der Waals surface area contributed by atoms with Crippen molar-refractivity contribution in [1.29, 1.82) is 5.26 Å². The number of hydrogen-bond acceptors (Lipinski definition) is 2. The number of halogens is 3. The quantitative estimate of drug-likeness (QED) is 0.574. The normalized spacial score (nSPS) is 11.7. The van der Waals surface area contributed by atoms with E-state index in [0.717, 1.165) is 8.95 Å². The molecule has 0 spiro atoms. The van der Waals surface area contributed by atoms with Gasteiger partial charge in [-0.1, -0.05) is 59.9 Å². The number of benzene rings is 2. The molecule has 0 saturated carbocycles.